The highest BCUT2D eigenvalue weighted by Crippen LogP contribution is 2.13. The first-order valence-corrected chi connectivity index (χ1v) is 6.84. The minimum atomic E-state index is -0.195. The van der Waals surface area contributed by atoms with E-state index in [1.165, 1.54) is 4.90 Å². The van der Waals surface area contributed by atoms with E-state index in [1.807, 2.05) is 24.3 Å². The highest BCUT2D eigenvalue weighted by atomic mass is 16.5. The van der Waals surface area contributed by atoms with E-state index < -0.39 is 0 Å². The van der Waals surface area contributed by atoms with Gasteiger partial charge in [-0.25, -0.2) is 4.79 Å². The molecule has 1 aromatic carbocycles. The van der Waals surface area contributed by atoms with Crippen molar-refractivity contribution in [2.24, 2.45) is 5.92 Å². The monoisotopic (exact) mass is 280 g/mol. The number of likely N-dealkylation sites (N-methyl/N-ethyl adjacent to an activating group) is 1. The summed E-state index contributed by atoms with van der Waals surface area (Å²) in [4.78, 5) is 13.1. The first-order valence-electron chi connectivity index (χ1n) is 6.84. The number of nitrogens with zero attached hydrogens (tertiary/aromatic N) is 1. The second-order valence-electron chi connectivity index (χ2n) is 5.15. The lowest BCUT2D eigenvalue weighted by Crippen LogP contribution is -2.38. The molecular weight excluding hydrogens is 256 g/mol. The van der Waals surface area contributed by atoms with E-state index in [0.717, 1.165) is 11.3 Å². The van der Waals surface area contributed by atoms with Gasteiger partial charge in [-0.15, -0.1) is 0 Å². The first kappa shape index (κ1) is 16.3. The third-order valence-corrected chi connectivity index (χ3v) is 2.73. The molecule has 0 radical (unpaired) electrons. The molecule has 1 rings (SSSR count). The quantitative estimate of drug-likeness (QED) is 0.801. The molecule has 0 saturated heterocycles. The first-order chi connectivity index (χ1) is 9.52. The zero-order chi connectivity index (χ0) is 15.0. The Morgan fingerprint density at radius 1 is 1.35 bits per heavy atom. The average molecular weight is 280 g/mol. The van der Waals surface area contributed by atoms with Gasteiger partial charge in [-0.05, 0) is 23.6 Å². The SMILES string of the molecule is CC(C)COc1ccc(CNC(=O)N(C)CCO)cc1. The van der Waals surface area contributed by atoms with E-state index in [1.54, 1.807) is 7.05 Å². The topological polar surface area (TPSA) is 61.8 Å². The van der Waals surface area contributed by atoms with E-state index in [2.05, 4.69) is 19.2 Å². The predicted octanol–water partition coefficient (Wildman–Crippen LogP) is 1.86. The Morgan fingerprint density at radius 3 is 2.55 bits per heavy atom. The third kappa shape index (κ3) is 5.93. The van der Waals surface area contributed by atoms with Crippen molar-refractivity contribution in [2.75, 3.05) is 26.8 Å². The predicted molar refractivity (Wildman–Crippen MR) is 78.7 cm³/mol. The van der Waals surface area contributed by atoms with Crippen LogP contribution >= 0.6 is 0 Å². The normalized spacial score (nSPS) is 10.4. The van der Waals surface area contributed by atoms with Gasteiger partial charge < -0.3 is 20.1 Å². The average Bonchev–Trinajstić information content (AvgIpc) is 2.43. The van der Waals surface area contributed by atoms with Gasteiger partial charge in [-0.3, -0.25) is 0 Å². The van der Waals surface area contributed by atoms with Crippen molar-refractivity contribution >= 4 is 6.03 Å². The smallest absolute Gasteiger partial charge is 0.317 e. The van der Waals surface area contributed by atoms with Crippen molar-refractivity contribution in [3.63, 3.8) is 0 Å². The highest BCUT2D eigenvalue weighted by Gasteiger charge is 2.06. The summed E-state index contributed by atoms with van der Waals surface area (Å²) in [5.41, 5.74) is 1.01. The van der Waals surface area contributed by atoms with Crippen molar-refractivity contribution in [3.05, 3.63) is 29.8 Å². The van der Waals surface area contributed by atoms with Gasteiger partial charge in [0, 0.05) is 20.1 Å². The molecule has 0 atom stereocenters. The van der Waals surface area contributed by atoms with Gasteiger partial charge in [0.15, 0.2) is 0 Å². The summed E-state index contributed by atoms with van der Waals surface area (Å²) in [6.07, 6.45) is 0. The number of ether oxygens (including phenoxy) is 1. The number of carbonyl (C=O) groups is 1. The maximum absolute atomic E-state index is 11.6. The Balaban J connectivity index is 2.39. The van der Waals surface area contributed by atoms with Crippen molar-refractivity contribution in [3.8, 4) is 5.75 Å². The van der Waals surface area contributed by atoms with E-state index in [0.29, 0.717) is 25.6 Å². The maximum atomic E-state index is 11.6. The summed E-state index contributed by atoms with van der Waals surface area (Å²) in [7, 11) is 1.65. The molecule has 2 N–H and O–H groups in total. The summed E-state index contributed by atoms with van der Waals surface area (Å²) >= 11 is 0. The second-order valence-corrected chi connectivity index (χ2v) is 5.15. The summed E-state index contributed by atoms with van der Waals surface area (Å²) in [6.45, 7) is 5.65. The standard InChI is InChI=1S/C15H24N2O3/c1-12(2)11-20-14-6-4-13(5-7-14)10-16-15(19)17(3)8-9-18/h4-7,12,18H,8-11H2,1-3H3,(H,16,19). The molecule has 0 aliphatic rings. The van der Waals surface area contributed by atoms with Crippen LogP contribution in [0.25, 0.3) is 0 Å². The maximum Gasteiger partial charge on any atom is 0.317 e. The van der Waals surface area contributed by atoms with Crippen LogP contribution in [-0.2, 0) is 6.54 Å². The molecule has 5 nitrogen and oxygen atoms in total. The molecule has 0 unspecified atom stereocenters. The number of carbonyl (C=O) groups excluding carboxylic acids is 1. The number of urea groups is 1. The van der Waals surface area contributed by atoms with Crippen LogP contribution in [0.1, 0.15) is 19.4 Å². The van der Waals surface area contributed by atoms with Gasteiger partial charge in [-0.2, -0.15) is 0 Å². The van der Waals surface area contributed by atoms with Crippen molar-refractivity contribution < 1.29 is 14.6 Å². The molecule has 20 heavy (non-hydrogen) atoms. The molecule has 0 fully saturated rings. The minimum Gasteiger partial charge on any atom is -0.493 e. The molecule has 0 aliphatic carbocycles. The Kier molecular flexibility index (Phi) is 6.87. The fourth-order valence-electron chi connectivity index (χ4n) is 1.53. The Labute approximate surface area is 120 Å². The Morgan fingerprint density at radius 2 is 2.00 bits per heavy atom. The number of hydrogen-bond acceptors (Lipinski definition) is 3. The third-order valence-electron chi connectivity index (χ3n) is 2.73. The van der Waals surface area contributed by atoms with Gasteiger partial charge in [0.25, 0.3) is 0 Å². The van der Waals surface area contributed by atoms with Gasteiger partial charge >= 0.3 is 6.03 Å². The van der Waals surface area contributed by atoms with Gasteiger partial charge in [0.2, 0.25) is 0 Å². The number of amides is 2. The molecular formula is C15H24N2O3. The number of benzene rings is 1. The Bertz CT molecular complexity index is 404. The lowest BCUT2D eigenvalue weighted by atomic mass is 10.2. The molecule has 0 aromatic heterocycles. The fourth-order valence-corrected chi connectivity index (χ4v) is 1.53. The number of aliphatic hydroxyl groups is 1. The molecule has 0 spiro atoms. The summed E-state index contributed by atoms with van der Waals surface area (Å²) in [5, 5.41) is 11.5. The fraction of sp³-hybridized carbons (Fsp3) is 0.533. The molecule has 1 aromatic rings. The number of rotatable bonds is 7. The van der Waals surface area contributed by atoms with Crippen LogP contribution < -0.4 is 10.1 Å². The number of nitrogens with one attached hydrogen (secondary N) is 1. The molecule has 0 saturated carbocycles. The van der Waals surface area contributed by atoms with Crippen LogP contribution in [0, 0.1) is 5.92 Å². The van der Waals surface area contributed by atoms with Crippen LogP contribution in [0.2, 0.25) is 0 Å². The zero-order valence-electron chi connectivity index (χ0n) is 12.4. The van der Waals surface area contributed by atoms with Crippen LogP contribution in [0.5, 0.6) is 5.75 Å². The van der Waals surface area contributed by atoms with E-state index in [4.69, 9.17) is 9.84 Å². The van der Waals surface area contributed by atoms with Gasteiger partial charge in [0.1, 0.15) is 5.75 Å². The van der Waals surface area contributed by atoms with Crippen molar-refractivity contribution in [2.45, 2.75) is 20.4 Å². The van der Waals surface area contributed by atoms with Crippen molar-refractivity contribution in [1.82, 2.24) is 10.2 Å². The van der Waals surface area contributed by atoms with E-state index >= 15 is 0 Å². The molecule has 0 heterocycles. The lowest BCUT2D eigenvalue weighted by molar-refractivity contribution is 0.190. The molecule has 0 bridgehead atoms. The zero-order valence-corrected chi connectivity index (χ0v) is 12.4. The summed E-state index contributed by atoms with van der Waals surface area (Å²) in [5.74, 6) is 1.34. The van der Waals surface area contributed by atoms with Crippen LogP contribution in [-0.4, -0.2) is 42.8 Å². The van der Waals surface area contributed by atoms with E-state index in [9.17, 15) is 4.79 Å². The largest absolute Gasteiger partial charge is 0.493 e. The summed E-state index contributed by atoms with van der Waals surface area (Å²) in [6, 6.07) is 7.48. The van der Waals surface area contributed by atoms with Crippen LogP contribution in [0.15, 0.2) is 24.3 Å². The number of hydrogen-bond donors (Lipinski definition) is 2. The van der Waals surface area contributed by atoms with Crippen LogP contribution in [0.4, 0.5) is 4.79 Å². The molecule has 0 aliphatic heterocycles. The van der Waals surface area contributed by atoms with Gasteiger partial charge in [-0.1, -0.05) is 26.0 Å². The Hall–Kier alpha value is -1.75. The van der Waals surface area contributed by atoms with Gasteiger partial charge in [0.05, 0.1) is 13.2 Å². The highest BCUT2D eigenvalue weighted by molar-refractivity contribution is 5.73. The second kappa shape index (κ2) is 8.43. The molecule has 2 amide bonds. The summed E-state index contributed by atoms with van der Waals surface area (Å²) < 4.78 is 5.59. The minimum absolute atomic E-state index is 0.0359. The lowest BCUT2D eigenvalue weighted by Gasteiger charge is -2.16. The number of aliphatic hydroxyl groups excluding tert-OH is 1. The molecule has 112 valence electrons. The van der Waals surface area contributed by atoms with Crippen molar-refractivity contribution in [1.29, 1.82) is 0 Å². The molecule has 5 heteroatoms. The van der Waals surface area contributed by atoms with E-state index in [-0.39, 0.29) is 12.6 Å². The van der Waals surface area contributed by atoms with Crippen LogP contribution in [0.3, 0.4) is 0 Å².